The van der Waals surface area contributed by atoms with Crippen molar-refractivity contribution in [1.82, 2.24) is 14.8 Å². The molecule has 74 valence electrons. The fourth-order valence-electron chi connectivity index (χ4n) is 1.38. The first-order chi connectivity index (χ1) is 6.65. The average Bonchev–Trinajstić information content (AvgIpc) is 2.54. The van der Waals surface area contributed by atoms with Gasteiger partial charge in [0.2, 0.25) is 0 Å². The fourth-order valence-corrected chi connectivity index (χ4v) is 1.92. The minimum atomic E-state index is -0.114. The van der Waals surface area contributed by atoms with Gasteiger partial charge in [0.25, 0.3) is 5.56 Å². The van der Waals surface area contributed by atoms with E-state index in [0.29, 0.717) is 17.4 Å². The van der Waals surface area contributed by atoms with Crippen molar-refractivity contribution in [1.29, 1.82) is 0 Å². The fraction of sp³-hybridized carbons (Fsp3) is 0.250. The highest BCUT2D eigenvalue weighted by atomic mass is 79.9. The van der Waals surface area contributed by atoms with Crippen LogP contribution in [0.15, 0.2) is 15.5 Å². The van der Waals surface area contributed by atoms with E-state index in [-0.39, 0.29) is 11.4 Å². The molecular formula is C8H9BrN4O. The van der Waals surface area contributed by atoms with Gasteiger partial charge < -0.3 is 10.3 Å². The third kappa shape index (κ3) is 1.14. The lowest BCUT2D eigenvalue weighted by molar-refractivity contribution is 0.732. The van der Waals surface area contributed by atoms with Crippen LogP contribution < -0.4 is 11.3 Å². The van der Waals surface area contributed by atoms with Crippen LogP contribution in [0.25, 0.3) is 10.9 Å². The zero-order valence-electron chi connectivity index (χ0n) is 7.54. The van der Waals surface area contributed by atoms with E-state index in [1.54, 1.807) is 10.8 Å². The Kier molecular flexibility index (Phi) is 2.07. The van der Waals surface area contributed by atoms with Gasteiger partial charge in [-0.25, -0.2) is 0 Å². The summed E-state index contributed by atoms with van der Waals surface area (Å²) in [4.78, 5) is 11.8. The molecule has 0 spiro atoms. The first-order valence-corrected chi connectivity index (χ1v) is 4.97. The molecule has 0 saturated heterocycles. The minimum Gasteiger partial charge on any atom is -0.382 e. The molecular weight excluding hydrogens is 248 g/mol. The topological polar surface area (TPSA) is 76.7 Å². The van der Waals surface area contributed by atoms with Gasteiger partial charge in [-0.05, 0) is 22.9 Å². The van der Waals surface area contributed by atoms with Gasteiger partial charge in [0.1, 0.15) is 5.39 Å². The monoisotopic (exact) mass is 256 g/mol. The van der Waals surface area contributed by atoms with Gasteiger partial charge in [-0.15, -0.1) is 0 Å². The van der Waals surface area contributed by atoms with E-state index in [1.165, 1.54) is 0 Å². The molecule has 5 nitrogen and oxygen atoms in total. The predicted octanol–water partition coefficient (Wildman–Crippen LogP) is 1.09. The molecule has 0 saturated carbocycles. The van der Waals surface area contributed by atoms with Gasteiger partial charge in [-0.2, -0.15) is 5.10 Å². The molecule has 0 atom stereocenters. The van der Waals surface area contributed by atoms with Crippen LogP contribution in [0.1, 0.15) is 6.92 Å². The number of nitrogens with zero attached hydrogens (tertiary/aromatic N) is 2. The third-order valence-electron chi connectivity index (χ3n) is 2.12. The van der Waals surface area contributed by atoms with Gasteiger partial charge in [0, 0.05) is 12.7 Å². The normalized spacial score (nSPS) is 11.0. The summed E-state index contributed by atoms with van der Waals surface area (Å²) in [5.41, 5.74) is 6.13. The van der Waals surface area contributed by atoms with Crippen molar-refractivity contribution in [2.24, 2.45) is 0 Å². The summed E-state index contributed by atoms with van der Waals surface area (Å²) in [5, 5.41) is 6.96. The van der Waals surface area contributed by atoms with Crippen LogP contribution in [0.5, 0.6) is 0 Å². The van der Waals surface area contributed by atoms with E-state index in [2.05, 4.69) is 26.1 Å². The van der Waals surface area contributed by atoms with Gasteiger partial charge in [-0.1, -0.05) is 0 Å². The summed E-state index contributed by atoms with van der Waals surface area (Å²) in [5.74, 6) is 0.244. The number of rotatable bonds is 1. The minimum absolute atomic E-state index is 0.114. The number of nitrogens with two attached hydrogens (primary N) is 1. The quantitative estimate of drug-likeness (QED) is 0.802. The largest absolute Gasteiger partial charge is 0.382 e. The highest BCUT2D eigenvalue weighted by molar-refractivity contribution is 9.10. The van der Waals surface area contributed by atoms with Crippen molar-refractivity contribution >= 4 is 32.7 Å². The first-order valence-electron chi connectivity index (χ1n) is 4.17. The number of nitrogens with one attached hydrogen (secondary N) is 1. The summed E-state index contributed by atoms with van der Waals surface area (Å²) < 4.78 is 2.37. The van der Waals surface area contributed by atoms with Gasteiger partial charge >= 0.3 is 0 Å². The highest BCUT2D eigenvalue weighted by Crippen LogP contribution is 2.21. The zero-order chi connectivity index (χ0) is 10.3. The lowest BCUT2D eigenvalue weighted by Crippen LogP contribution is -2.19. The SMILES string of the molecule is CCn1cc(Br)c2[nH]nc(N)c2c1=O. The Balaban J connectivity index is 2.99. The van der Waals surface area contributed by atoms with Crippen molar-refractivity contribution in [3.05, 3.63) is 21.0 Å². The van der Waals surface area contributed by atoms with Crippen LogP contribution in [-0.2, 0) is 6.54 Å². The summed E-state index contributed by atoms with van der Waals surface area (Å²) >= 11 is 3.35. The Morgan fingerprint density at radius 2 is 2.43 bits per heavy atom. The lowest BCUT2D eigenvalue weighted by atomic mass is 10.3. The van der Waals surface area contributed by atoms with E-state index in [4.69, 9.17) is 5.73 Å². The van der Waals surface area contributed by atoms with Crippen LogP contribution in [0.3, 0.4) is 0 Å². The molecule has 0 bridgehead atoms. The number of aromatic amines is 1. The molecule has 0 aliphatic rings. The molecule has 0 unspecified atom stereocenters. The van der Waals surface area contributed by atoms with Gasteiger partial charge in [-0.3, -0.25) is 9.89 Å². The molecule has 14 heavy (non-hydrogen) atoms. The summed E-state index contributed by atoms with van der Waals surface area (Å²) in [7, 11) is 0. The van der Waals surface area contributed by atoms with Crippen molar-refractivity contribution in [3.8, 4) is 0 Å². The number of fused-ring (bicyclic) bond motifs is 1. The molecule has 0 aliphatic heterocycles. The van der Waals surface area contributed by atoms with E-state index >= 15 is 0 Å². The maximum atomic E-state index is 11.8. The van der Waals surface area contributed by atoms with Crippen LogP contribution >= 0.6 is 15.9 Å². The van der Waals surface area contributed by atoms with Crippen LogP contribution in [0.4, 0.5) is 5.82 Å². The number of aromatic nitrogens is 3. The second-order valence-corrected chi connectivity index (χ2v) is 3.78. The van der Waals surface area contributed by atoms with E-state index < -0.39 is 0 Å². The molecule has 0 radical (unpaired) electrons. The number of aryl methyl sites for hydroxylation is 1. The predicted molar refractivity (Wildman–Crippen MR) is 58.1 cm³/mol. The lowest BCUT2D eigenvalue weighted by Gasteiger charge is -2.02. The maximum absolute atomic E-state index is 11.8. The molecule has 2 heterocycles. The molecule has 0 amide bonds. The summed E-state index contributed by atoms with van der Waals surface area (Å²) in [6.45, 7) is 2.51. The Bertz CT molecular complexity index is 542. The Morgan fingerprint density at radius 1 is 1.71 bits per heavy atom. The standard InChI is InChI=1S/C8H9BrN4O/c1-2-13-3-4(9)6-5(8(13)14)7(10)12-11-6/h3H,2H2,1H3,(H3,10,11,12). The second-order valence-electron chi connectivity index (χ2n) is 2.93. The second kappa shape index (κ2) is 3.13. The molecule has 0 aliphatic carbocycles. The van der Waals surface area contributed by atoms with E-state index in [0.717, 1.165) is 4.47 Å². The van der Waals surface area contributed by atoms with Crippen LogP contribution in [0.2, 0.25) is 0 Å². The van der Waals surface area contributed by atoms with E-state index in [1.807, 2.05) is 6.92 Å². The number of anilines is 1. The van der Waals surface area contributed by atoms with Gasteiger partial charge in [0.15, 0.2) is 5.82 Å². The van der Waals surface area contributed by atoms with Crippen molar-refractivity contribution in [3.63, 3.8) is 0 Å². The van der Waals surface area contributed by atoms with Crippen molar-refractivity contribution < 1.29 is 0 Å². The Morgan fingerprint density at radius 3 is 3.07 bits per heavy atom. The highest BCUT2D eigenvalue weighted by Gasteiger charge is 2.11. The first kappa shape index (κ1) is 9.26. The number of nitrogen functional groups attached to an aromatic ring is 1. The molecule has 2 rings (SSSR count). The molecule has 0 fully saturated rings. The molecule has 2 aromatic heterocycles. The van der Waals surface area contributed by atoms with Gasteiger partial charge in [0.05, 0.1) is 9.99 Å². The van der Waals surface area contributed by atoms with Crippen LogP contribution in [-0.4, -0.2) is 14.8 Å². The third-order valence-corrected chi connectivity index (χ3v) is 2.72. The Labute approximate surface area is 88.0 Å². The number of hydrogen-bond acceptors (Lipinski definition) is 3. The number of pyridine rings is 1. The average molecular weight is 257 g/mol. The number of halogens is 1. The number of hydrogen-bond donors (Lipinski definition) is 2. The van der Waals surface area contributed by atoms with Crippen molar-refractivity contribution in [2.45, 2.75) is 13.5 Å². The molecule has 6 heteroatoms. The summed E-state index contributed by atoms with van der Waals surface area (Å²) in [6.07, 6.45) is 1.72. The smallest absolute Gasteiger partial charge is 0.263 e. The summed E-state index contributed by atoms with van der Waals surface area (Å²) in [6, 6.07) is 0. The van der Waals surface area contributed by atoms with Crippen LogP contribution in [0, 0.1) is 0 Å². The number of H-pyrrole nitrogens is 1. The van der Waals surface area contributed by atoms with E-state index in [9.17, 15) is 4.79 Å². The maximum Gasteiger partial charge on any atom is 0.263 e. The Hall–Kier alpha value is -1.30. The molecule has 0 aromatic carbocycles. The zero-order valence-corrected chi connectivity index (χ0v) is 9.13. The molecule has 2 aromatic rings. The molecule has 3 N–H and O–H groups in total. The van der Waals surface area contributed by atoms with Crippen molar-refractivity contribution in [2.75, 3.05) is 5.73 Å².